The van der Waals surface area contributed by atoms with Gasteiger partial charge in [0.25, 0.3) is 5.91 Å². The molecule has 0 N–H and O–H groups in total. The summed E-state index contributed by atoms with van der Waals surface area (Å²) in [5.74, 6) is 0.289. The largest absolute Gasteiger partial charge is 0.484 e. The minimum absolute atomic E-state index is 0.0478. The van der Waals surface area contributed by atoms with Gasteiger partial charge in [-0.25, -0.2) is 0 Å². The molecule has 0 saturated carbocycles. The van der Waals surface area contributed by atoms with Crippen molar-refractivity contribution in [1.29, 1.82) is 5.26 Å². The topological polar surface area (TPSA) is 73.6 Å². The van der Waals surface area contributed by atoms with Crippen LogP contribution in [0.25, 0.3) is 0 Å². The molecule has 7 heteroatoms. The number of ether oxygens (including phenoxy) is 1. The zero-order valence-corrected chi connectivity index (χ0v) is 13.5. The van der Waals surface area contributed by atoms with Crippen molar-refractivity contribution >= 4 is 23.4 Å². The lowest BCUT2D eigenvalue weighted by molar-refractivity contribution is -0.134. The summed E-state index contributed by atoms with van der Waals surface area (Å²) in [6, 6.07) is 8.68. The lowest BCUT2D eigenvalue weighted by Crippen LogP contribution is -2.39. The van der Waals surface area contributed by atoms with Gasteiger partial charge in [-0.05, 0) is 30.7 Å². The summed E-state index contributed by atoms with van der Waals surface area (Å²) in [5.41, 5.74) is 0. The highest BCUT2D eigenvalue weighted by molar-refractivity contribution is 6.30. The van der Waals surface area contributed by atoms with E-state index in [2.05, 4.69) is 0 Å². The number of hydrogen-bond donors (Lipinski definition) is 0. The Morgan fingerprint density at radius 2 is 1.70 bits per heavy atom. The van der Waals surface area contributed by atoms with E-state index in [0.29, 0.717) is 43.4 Å². The average molecular weight is 336 g/mol. The Morgan fingerprint density at radius 3 is 2.30 bits per heavy atom. The second kappa shape index (κ2) is 8.39. The molecular formula is C16H18ClN3O3. The molecule has 2 amide bonds. The summed E-state index contributed by atoms with van der Waals surface area (Å²) in [6.07, 6.45) is 0.581. The van der Waals surface area contributed by atoms with Crippen LogP contribution in [0.1, 0.15) is 12.8 Å². The predicted octanol–water partition coefficient (Wildman–Crippen LogP) is 1.69. The molecule has 1 aromatic rings. The molecule has 0 atom stereocenters. The van der Waals surface area contributed by atoms with E-state index in [9.17, 15) is 9.59 Å². The van der Waals surface area contributed by atoms with E-state index in [4.69, 9.17) is 21.6 Å². The monoisotopic (exact) mass is 335 g/mol. The lowest BCUT2D eigenvalue weighted by atomic mass is 10.3. The molecule has 0 unspecified atom stereocenters. The predicted molar refractivity (Wildman–Crippen MR) is 85.0 cm³/mol. The Labute approximate surface area is 140 Å². The van der Waals surface area contributed by atoms with Crippen molar-refractivity contribution in [2.24, 2.45) is 0 Å². The fourth-order valence-electron chi connectivity index (χ4n) is 2.36. The van der Waals surface area contributed by atoms with Crippen LogP contribution in [0, 0.1) is 11.3 Å². The van der Waals surface area contributed by atoms with E-state index >= 15 is 0 Å². The van der Waals surface area contributed by atoms with Crippen molar-refractivity contribution < 1.29 is 14.3 Å². The van der Waals surface area contributed by atoms with Crippen molar-refractivity contribution in [2.45, 2.75) is 12.8 Å². The van der Waals surface area contributed by atoms with Crippen LogP contribution in [0.15, 0.2) is 24.3 Å². The second-order valence-corrected chi connectivity index (χ2v) is 5.63. The molecule has 0 aliphatic carbocycles. The third kappa shape index (κ3) is 5.15. The number of hydrogen-bond acceptors (Lipinski definition) is 4. The Hall–Kier alpha value is -2.26. The number of rotatable bonds is 4. The first-order valence-corrected chi connectivity index (χ1v) is 7.79. The molecule has 1 heterocycles. The SMILES string of the molecule is N#CCC(=O)N1CCCN(C(=O)COc2ccc(Cl)cc2)CC1. The first-order valence-electron chi connectivity index (χ1n) is 7.41. The molecular weight excluding hydrogens is 318 g/mol. The van der Waals surface area contributed by atoms with Gasteiger partial charge in [-0.3, -0.25) is 9.59 Å². The summed E-state index contributed by atoms with van der Waals surface area (Å²) >= 11 is 5.79. The number of nitriles is 1. The van der Waals surface area contributed by atoms with E-state index in [1.54, 1.807) is 34.1 Å². The Balaban J connectivity index is 1.82. The summed E-state index contributed by atoms with van der Waals surface area (Å²) in [6.45, 7) is 2.02. The van der Waals surface area contributed by atoms with Gasteiger partial charge >= 0.3 is 0 Å². The number of halogens is 1. The summed E-state index contributed by atoms with van der Waals surface area (Å²) < 4.78 is 5.46. The van der Waals surface area contributed by atoms with Crippen molar-refractivity contribution in [2.75, 3.05) is 32.8 Å². The smallest absolute Gasteiger partial charge is 0.260 e. The van der Waals surface area contributed by atoms with Crippen LogP contribution in [0.5, 0.6) is 5.75 Å². The molecule has 1 aliphatic rings. The fraction of sp³-hybridized carbons (Fsp3) is 0.438. The van der Waals surface area contributed by atoms with Gasteiger partial charge in [0.15, 0.2) is 6.61 Å². The standard InChI is InChI=1S/C16H18ClN3O3/c17-13-2-4-14(5-3-13)23-12-16(22)20-9-1-8-19(10-11-20)15(21)6-7-18/h2-5H,1,6,8-12H2. The normalized spacial score (nSPS) is 14.8. The van der Waals surface area contributed by atoms with Crippen LogP contribution in [0.2, 0.25) is 5.02 Å². The molecule has 0 bridgehead atoms. The van der Waals surface area contributed by atoms with Crippen molar-refractivity contribution in [3.05, 3.63) is 29.3 Å². The van der Waals surface area contributed by atoms with Gasteiger partial charge in [0.1, 0.15) is 12.2 Å². The van der Waals surface area contributed by atoms with Crippen molar-refractivity contribution in [1.82, 2.24) is 9.80 Å². The van der Waals surface area contributed by atoms with Gasteiger partial charge in [0.05, 0.1) is 6.07 Å². The van der Waals surface area contributed by atoms with Crippen molar-refractivity contribution in [3.8, 4) is 11.8 Å². The molecule has 23 heavy (non-hydrogen) atoms. The van der Waals surface area contributed by atoms with Crippen LogP contribution in [0.3, 0.4) is 0 Å². The number of carbonyl (C=O) groups is 2. The maximum absolute atomic E-state index is 12.2. The Morgan fingerprint density at radius 1 is 1.09 bits per heavy atom. The van der Waals surface area contributed by atoms with Gasteiger partial charge in [0, 0.05) is 31.2 Å². The number of benzene rings is 1. The highest BCUT2D eigenvalue weighted by Gasteiger charge is 2.21. The molecule has 6 nitrogen and oxygen atoms in total. The maximum atomic E-state index is 12.2. The zero-order chi connectivity index (χ0) is 16.7. The summed E-state index contributed by atoms with van der Waals surface area (Å²) in [4.78, 5) is 27.3. The molecule has 0 radical (unpaired) electrons. The first-order chi connectivity index (χ1) is 11.1. The number of carbonyl (C=O) groups excluding carboxylic acids is 2. The van der Waals surface area contributed by atoms with Gasteiger partial charge in [-0.15, -0.1) is 0 Å². The quantitative estimate of drug-likeness (QED) is 0.839. The highest BCUT2D eigenvalue weighted by atomic mass is 35.5. The molecule has 1 aliphatic heterocycles. The number of amides is 2. The van der Waals surface area contributed by atoms with E-state index in [1.807, 2.05) is 6.07 Å². The zero-order valence-electron chi connectivity index (χ0n) is 12.7. The second-order valence-electron chi connectivity index (χ2n) is 5.19. The van der Waals surface area contributed by atoms with Crippen LogP contribution in [0.4, 0.5) is 0 Å². The molecule has 122 valence electrons. The highest BCUT2D eigenvalue weighted by Crippen LogP contribution is 2.15. The van der Waals surface area contributed by atoms with Crippen molar-refractivity contribution in [3.63, 3.8) is 0 Å². The molecule has 1 fully saturated rings. The summed E-state index contributed by atoms with van der Waals surface area (Å²) in [7, 11) is 0. The maximum Gasteiger partial charge on any atom is 0.260 e. The molecule has 0 spiro atoms. The van der Waals surface area contributed by atoms with Gasteiger partial charge < -0.3 is 14.5 Å². The minimum atomic E-state index is -0.181. The van der Waals surface area contributed by atoms with Gasteiger partial charge in [-0.2, -0.15) is 5.26 Å². The van der Waals surface area contributed by atoms with E-state index in [1.165, 1.54) is 0 Å². The molecule has 1 saturated heterocycles. The average Bonchev–Trinajstić information content (AvgIpc) is 2.80. The molecule has 2 rings (SSSR count). The van der Waals surface area contributed by atoms with Crippen LogP contribution in [-0.2, 0) is 9.59 Å². The molecule has 1 aromatic carbocycles. The fourth-order valence-corrected chi connectivity index (χ4v) is 2.49. The van der Waals surface area contributed by atoms with Gasteiger partial charge in [-0.1, -0.05) is 11.6 Å². The lowest BCUT2D eigenvalue weighted by Gasteiger charge is -2.21. The Bertz CT molecular complexity index is 598. The van der Waals surface area contributed by atoms with E-state index in [0.717, 1.165) is 0 Å². The van der Waals surface area contributed by atoms with E-state index < -0.39 is 0 Å². The van der Waals surface area contributed by atoms with Crippen LogP contribution >= 0.6 is 11.6 Å². The first kappa shape index (κ1) is 17.1. The third-order valence-corrected chi connectivity index (χ3v) is 3.86. The van der Waals surface area contributed by atoms with Crippen LogP contribution in [-0.4, -0.2) is 54.4 Å². The molecule has 0 aromatic heterocycles. The number of nitrogens with zero attached hydrogens (tertiary/aromatic N) is 3. The van der Waals surface area contributed by atoms with E-state index in [-0.39, 0.29) is 24.8 Å². The third-order valence-electron chi connectivity index (χ3n) is 3.61. The summed E-state index contributed by atoms with van der Waals surface area (Å²) in [5, 5.41) is 9.20. The van der Waals surface area contributed by atoms with Crippen LogP contribution < -0.4 is 4.74 Å². The van der Waals surface area contributed by atoms with Gasteiger partial charge in [0.2, 0.25) is 5.91 Å². The minimum Gasteiger partial charge on any atom is -0.484 e. The Kier molecular flexibility index (Phi) is 6.24.